The van der Waals surface area contributed by atoms with Gasteiger partial charge < -0.3 is 0 Å². The predicted octanol–water partition coefficient (Wildman–Crippen LogP) is 8.29. The van der Waals surface area contributed by atoms with Gasteiger partial charge in [0.1, 0.15) is 0 Å². The molecule has 2 rings (SSSR count). The fourth-order valence-electron chi connectivity index (χ4n) is 6.21. The number of rotatable bonds is 10. The molecule has 0 bridgehead atoms. The molecule has 1 unspecified atom stereocenters. The maximum Gasteiger partial charge on any atom is 0.0259 e. The molecule has 0 radical (unpaired) electrons. The molecule has 0 aliphatic rings. The zero-order chi connectivity index (χ0) is 20.8. The highest BCUT2D eigenvalue weighted by Crippen LogP contribution is 2.56. The zero-order valence-corrected chi connectivity index (χ0v) is 19.5. The van der Waals surface area contributed by atoms with Gasteiger partial charge in [0.25, 0.3) is 0 Å². The van der Waals surface area contributed by atoms with Gasteiger partial charge in [0, 0.05) is 5.41 Å². The molecule has 0 saturated carbocycles. The predicted molar refractivity (Wildman–Crippen MR) is 125 cm³/mol. The Morgan fingerprint density at radius 1 is 0.571 bits per heavy atom. The van der Waals surface area contributed by atoms with Gasteiger partial charge in [-0.1, -0.05) is 90.9 Å². The Bertz CT molecular complexity index is 728. The van der Waals surface area contributed by atoms with Crippen LogP contribution in [0.15, 0.2) is 42.5 Å². The van der Waals surface area contributed by atoms with Crippen LogP contribution in [0.4, 0.5) is 0 Å². The first-order valence-corrected chi connectivity index (χ1v) is 11.7. The van der Waals surface area contributed by atoms with E-state index >= 15 is 0 Å². The van der Waals surface area contributed by atoms with E-state index in [2.05, 4.69) is 90.9 Å². The van der Waals surface area contributed by atoms with E-state index in [0.717, 1.165) is 25.7 Å². The van der Waals surface area contributed by atoms with Crippen molar-refractivity contribution in [1.82, 2.24) is 0 Å². The van der Waals surface area contributed by atoms with E-state index in [1.54, 1.807) is 16.7 Å². The molecule has 0 heterocycles. The van der Waals surface area contributed by atoms with Crippen LogP contribution in [0.25, 0.3) is 0 Å². The summed E-state index contributed by atoms with van der Waals surface area (Å²) >= 11 is 0. The van der Waals surface area contributed by atoms with Gasteiger partial charge >= 0.3 is 0 Å². The summed E-state index contributed by atoms with van der Waals surface area (Å²) in [5.41, 5.74) is 8.20. The second-order valence-corrected chi connectivity index (χ2v) is 8.26. The van der Waals surface area contributed by atoms with Gasteiger partial charge in [-0.05, 0) is 78.2 Å². The Morgan fingerprint density at radius 2 is 1.14 bits per heavy atom. The molecule has 2 aromatic rings. The van der Waals surface area contributed by atoms with Gasteiger partial charge in [0.05, 0.1) is 0 Å². The molecular formula is C28H42. The minimum atomic E-state index is 0.0635. The lowest BCUT2D eigenvalue weighted by Gasteiger charge is -2.52. The average Bonchev–Trinajstić information content (AvgIpc) is 2.77. The van der Waals surface area contributed by atoms with E-state index in [1.165, 1.54) is 30.4 Å². The van der Waals surface area contributed by atoms with E-state index in [0.29, 0.717) is 0 Å². The molecule has 0 spiro atoms. The minimum Gasteiger partial charge on any atom is -0.0648 e. The monoisotopic (exact) mass is 378 g/mol. The molecule has 0 saturated heterocycles. The molecular weight excluding hydrogens is 336 g/mol. The summed E-state index contributed by atoms with van der Waals surface area (Å²) in [7, 11) is 0. The van der Waals surface area contributed by atoms with E-state index in [9.17, 15) is 0 Å². The second kappa shape index (κ2) is 9.77. The van der Waals surface area contributed by atoms with Crippen LogP contribution < -0.4 is 0 Å². The van der Waals surface area contributed by atoms with Gasteiger partial charge in [-0.15, -0.1) is 0 Å². The summed E-state index contributed by atoms with van der Waals surface area (Å²) in [5, 5.41) is 0. The Hall–Kier alpha value is -1.56. The zero-order valence-electron chi connectivity index (χ0n) is 19.5. The third-order valence-corrected chi connectivity index (χ3v) is 7.81. The van der Waals surface area contributed by atoms with Gasteiger partial charge in [0.2, 0.25) is 0 Å². The summed E-state index contributed by atoms with van der Waals surface area (Å²) in [4.78, 5) is 0. The third-order valence-electron chi connectivity index (χ3n) is 7.81. The molecule has 154 valence electrons. The van der Waals surface area contributed by atoms with E-state index in [1.807, 2.05) is 0 Å². The molecule has 28 heavy (non-hydrogen) atoms. The topological polar surface area (TPSA) is 0 Å². The smallest absolute Gasteiger partial charge is 0.0259 e. The van der Waals surface area contributed by atoms with Crippen molar-refractivity contribution in [2.45, 2.75) is 98.8 Å². The van der Waals surface area contributed by atoms with Crippen LogP contribution in [-0.4, -0.2) is 0 Å². The van der Waals surface area contributed by atoms with Crippen LogP contribution in [0.5, 0.6) is 0 Å². The second-order valence-electron chi connectivity index (χ2n) is 8.26. The van der Waals surface area contributed by atoms with Crippen molar-refractivity contribution in [3.8, 4) is 0 Å². The number of hydrogen-bond donors (Lipinski definition) is 0. The molecule has 0 aliphatic heterocycles. The molecule has 0 fully saturated rings. The summed E-state index contributed by atoms with van der Waals surface area (Å²) in [6.07, 6.45) is 8.16. The SMILES string of the molecule is CCc1ccc(C(CC)(c2ccccc2)C(CC)(CC)CC)c(CC)c1CC. The van der Waals surface area contributed by atoms with Crippen LogP contribution >= 0.6 is 0 Å². The van der Waals surface area contributed by atoms with E-state index in [-0.39, 0.29) is 10.8 Å². The summed E-state index contributed by atoms with van der Waals surface area (Å²) in [5.74, 6) is 0. The van der Waals surface area contributed by atoms with Crippen LogP contribution in [0.2, 0.25) is 0 Å². The largest absolute Gasteiger partial charge is 0.0648 e. The highest BCUT2D eigenvalue weighted by Gasteiger charge is 2.49. The maximum absolute atomic E-state index is 2.50. The Morgan fingerprint density at radius 3 is 1.57 bits per heavy atom. The van der Waals surface area contributed by atoms with Crippen molar-refractivity contribution in [2.24, 2.45) is 5.41 Å². The molecule has 1 atom stereocenters. The lowest BCUT2D eigenvalue weighted by molar-refractivity contribution is 0.119. The lowest BCUT2D eigenvalue weighted by Crippen LogP contribution is -2.46. The van der Waals surface area contributed by atoms with Gasteiger partial charge in [0.15, 0.2) is 0 Å². The summed E-state index contributed by atoms with van der Waals surface area (Å²) in [6.45, 7) is 16.6. The van der Waals surface area contributed by atoms with Gasteiger partial charge in [-0.2, -0.15) is 0 Å². The Balaban J connectivity index is 2.99. The molecule has 0 amide bonds. The highest BCUT2D eigenvalue weighted by atomic mass is 14.5. The van der Waals surface area contributed by atoms with Crippen LogP contribution in [0, 0.1) is 5.41 Å². The lowest BCUT2D eigenvalue weighted by atomic mass is 9.51. The van der Waals surface area contributed by atoms with Crippen molar-refractivity contribution < 1.29 is 0 Å². The van der Waals surface area contributed by atoms with Crippen LogP contribution in [-0.2, 0) is 24.7 Å². The molecule has 0 heteroatoms. The maximum atomic E-state index is 2.50. The average molecular weight is 379 g/mol. The van der Waals surface area contributed by atoms with Crippen molar-refractivity contribution >= 4 is 0 Å². The standard InChI is InChI=1S/C28H42/c1-8-22-20-21-26(25(10-3)24(22)9-2)28(14-7,23-18-16-15-17-19-23)27(11-4,12-5)13-6/h15-21H,8-14H2,1-7H3. The molecule has 2 aromatic carbocycles. The number of hydrogen-bond acceptors (Lipinski definition) is 0. The van der Waals surface area contributed by atoms with Crippen molar-refractivity contribution in [3.05, 3.63) is 70.3 Å². The van der Waals surface area contributed by atoms with Gasteiger partial charge in [-0.3, -0.25) is 0 Å². The third kappa shape index (κ3) is 3.44. The fourth-order valence-corrected chi connectivity index (χ4v) is 6.21. The highest BCUT2D eigenvalue weighted by molar-refractivity contribution is 5.51. The first-order chi connectivity index (χ1) is 13.5. The summed E-state index contributed by atoms with van der Waals surface area (Å²) in [6, 6.07) is 16.3. The van der Waals surface area contributed by atoms with Crippen LogP contribution in [0.1, 0.15) is 102 Å². The first-order valence-electron chi connectivity index (χ1n) is 11.7. The van der Waals surface area contributed by atoms with E-state index in [4.69, 9.17) is 0 Å². The van der Waals surface area contributed by atoms with Gasteiger partial charge in [-0.25, -0.2) is 0 Å². The van der Waals surface area contributed by atoms with E-state index < -0.39 is 0 Å². The quantitative estimate of drug-likeness (QED) is 0.390. The molecule has 0 aromatic heterocycles. The summed E-state index contributed by atoms with van der Waals surface area (Å²) < 4.78 is 0. The molecule has 0 N–H and O–H groups in total. The minimum absolute atomic E-state index is 0.0635. The Labute approximate surface area is 174 Å². The van der Waals surface area contributed by atoms with Crippen molar-refractivity contribution in [1.29, 1.82) is 0 Å². The first kappa shape index (κ1) is 22.7. The molecule has 0 aliphatic carbocycles. The number of aryl methyl sites for hydroxylation is 1. The fraction of sp³-hybridized carbons (Fsp3) is 0.571. The molecule has 0 nitrogen and oxygen atoms in total. The van der Waals surface area contributed by atoms with Crippen LogP contribution in [0.3, 0.4) is 0 Å². The Kier molecular flexibility index (Phi) is 7.93. The van der Waals surface area contributed by atoms with Crippen molar-refractivity contribution in [2.75, 3.05) is 0 Å². The normalized spacial score (nSPS) is 14.1. The van der Waals surface area contributed by atoms with Crippen molar-refractivity contribution in [3.63, 3.8) is 0 Å². The number of benzene rings is 2.